The zero-order valence-corrected chi connectivity index (χ0v) is 19.6. The summed E-state index contributed by atoms with van der Waals surface area (Å²) < 4.78 is 3.45. The molecule has 8 heteroatoms. The highest BCUT2D eigenvalue weighted by Gasteiger charge is 2.27. The zero-order valence-electron chi connectivity index (χ0n) is 17.2. The van der Waals surface area contributed by atoms with E-state index in [-0.39, 0.29) is 10.9 Å². The fourth-order valence-electron chi connectivity index (χ4n) is 4.22. The molecular formula is C23H25ClN4OS2. The third-order valence-electron chi connectivity index (χ3n) is 5.83. The minimum Gasteiger partial charge on any atom is -0.302 e. The highest BCUT2D eigenvalue weighted by molar-refractivity contribution is 7.99. The fourth-order valence-corrected chi connectivity index (χ4v) is 6.75. The molecule has 0 spiro atoms. The van der Waals surface area contributed by atoms with E-state index in [4.69, 9.17) is 16.7 Å². The van der Waals surface area contributed by atoms with Crippen molar-refractivity contribution in [3.05, 3.63) is 75.4 Å². The van der Waals surface area contributed by atoms with E-state index < -0.39 is 0 Å². The number of hydrogen-bond acceptors (Lipinski definition) is 5. The van der Waals surface area contributed by atoms with Crippen LogP contribution in [-0.2, 0) is 13.0 Å². The summed E-state index contributed by atoms with van der Waals surface area (Å²) in [6, 6.07) is 16.2. The van der Waals surface area contributed by atoms with Crippen molar-refractivity contribution < 1.29 is 0 Å². The SMILES string of the molecule is O=c1n(CCCN2CCSCC2)nc2n1-c1ccc(Cl)cc1SC(c1ccccc1)C2. The first kappa shape index (κ1) is 21.2. The molecule has 0 bridgehead atoms. The number of rotatable bonds is 5. The summed E-state index contributed by atoms with van der Waals surface area (Å²) in [4.78, 5) is 16.9. The van der Waals surface area contributed by atoms with Crippen molar-refractivity contribution in [2.24, 2.45) is 0 Å². The Morgan fingerprint density at radius 1 is 1.06 bits per heavy atom. The van der Waals surface area contributed by atoms with Crippen LogP contribution < -0.4 is 5.69 Å². The normalized spacial score (nSPS) is 18.9. The van der Waals surface area contributed by atoms with Gasteiger partial charge < -0.3 is 4.90 Å². The van der Waals surface area contributed by atoms with Gasteiger partial charge in [-0.2, -0.15) is 16.9 Å². The molecule has 2 aromatic carbocycles. The van der Waals surface area contributed by atoms with Gasteiger partial charge in [0.1, 0.15) is 5.82 Å². The summed E-state index contributed by atoms with van der Waals surface area (Å²) in [5.74, 6) is 3.23. The highest BCUT2D eigenvalue weighted by Crippen LogP contribution is 2.43. The van der Waals surface area contributed by atoms with Crippen molar-refractivity contribution in [3.63, 3.8) is 0 Å². The maximum Gasteiger partial charge on any atom is 0.350 e. The molecule has 0 aliphatic carbocycles. The number of aryl methyl sites for hydroxylation is 1. The Kier molecular flexibility index (Phi) is 6.46. The van der Waals surface area contributed by atoms with Crippen LogP contribution in [0.3, 0.4) is 0 Å². The number of fused-ring (bicyclic) bond motifs is 3. The first-order chi connectivity index (χ1) is 15.2. The molecule has 1 unspecified atom stereocenters. The van der Waals surface area contributed by atoms with Gasteiger partial charge in [0.25, 0.3) is 0 Å². The van der Waals surface area contributed by atoms with E-state index in [1.807, 2.05) is 36.0 Å². The topological polar surface area (TPSA) is 43.1 Å². The summed E-state index contributed by atoms with van der Waals surface area (Å²) in [5.41, 5.74) is 2.06. The van der Waals surface area contributed by atoms with E-state index in [1.165, 1.54) is 17.1 Å². The summed E-state index contributed by atoms with van der Waals surface area (Å²) in [7, 11) is 0. The molecule has 2 aliphatic heterocycles. The first-order valence-electron chi connectivity index (χ1n) is 10.7. The van der Waals surface area contributed by atoms with Crippen LogP contribution in [0.25, 0.3) is 5.69 Å². The summed E-state index contributed by atoms with van der Waals surface area (Å²) in [6.07, 6.45) is 1.64. The lowest BCUT2D eigenvalue weighted by molar-refractivity contribution is 0.289. The molecule has 1 saturated heterocycles. The van der Waals surface area contributed by atoms with Crippen molar-refractivity contribution in [2.45, 2.75) is 29.5 Å². The van der Waals surface area contributed by atoms with E-state index in [9.17, 15) is 4.79 Å². The predicted octanol–water partition coefficient (Wildman–Crippen LogP) is 4.52. The molecule has 2 aliphatic rings. The van der Waals surface area contributed by atoms with Crippen LogP contribution in [0.4, 0.5) is 0 Å². The molecule has 1 atom stereocenters. The quantitative estimate of drug-likeness (QED) is 0.546. The van der Waals surface area contributed by atoms with Crippen molar-refractivity contribution in [1.29, 1.82) is 0 Å². The van der Waals surface area contributed by atoms with Crippen LogP contribution >= 0.6 is 35.1 Å². The van der Waals surface area contributed by atoms with Crippen molar-refractivity contribution in [3.8, 4) is 5.69 Å². The molecule has 0 radical (unpaired) electrons. The Bertz CT molecular complexity index is 1110. The Hall–Kier alpha value is -1.67. The highest BCUT2D eigenvalue weighted by atomic mass is 35.5. The van der Waals surface area contributed by atoms with Crippen LogP contribution in [0.15, 0.2) is 58.2 Å². The van der Waals surface area contributed by atoms with Crippen molar-refractivity contribution in [1.82, 2.24) is 19.2 Å². The van der Waals surface area contributed by atoms with E-state index in [0.29, 0.717) is 18.0 Å². The number of thioether (sulfide) groups is 2. The third-order valence-corrected chi connectivity index (χ3v) is 8.31. The minimum atomic E-state index is -0.0536. The third kappa shape index (κ3) is 4.60. The Morgan fingerprint density at radius 2 is 1.87 bits per heavy atom. The monoisotopic (exact) mass is 472 g/mol. The van der Waals surface area contributed by atoms with Crippen molar-refractivity contribution in [2.75, 3.05) is 31.1 Å². The minimum absolute atomic E-state index is 0.0536. The maximum atomic E-state index is 13.3. The Morgan fingerprint density at radius 3 is 2.68 bits per heavy atom. The molecular weight excluding hydrogens is 448 g/mol. The molecule has 162 valence electrons. The lowest BCUT2D eigenvalue weighted by Gasteiger charge is -2.25. The fraction of sp³-hybridized carbons (Fsp3) is 0.391. The van der Waals surface area contributed by atoms with E-state index in [0.717, 1.165) is 42.5 Å². The second-order valence-electron chi connectivity index (χ2n) is 7.90. The lowest BCUT2D eigenvalue weighted by Crippen LogP contribution is -2.34. The van der Waals surface area contributed by atoms with Crippen LogP contribution in [-0.4, -0.2) is 50.4 Å². The lowest BCUT2D eigenvalue weighted by atomic mass is 10.1. The van der Waals surface area contributed by atoms with Crippen LogP contribution in [0.1, 0.15) is 23.1 Å². The molecule has 1 aromatic heterocycles. The van der Waals surface area contributed by atoms with Gasteiger partial charge in [0.15, 0.2) is 0 Å². The summed E-state index contributed by atoms with van der Waals surface area (Å²) >= 11 is 10.1. The molecule has 3 heterocycles. The zero-order chi connectivity index (χ0) is 21.2. The second-order valence-corrected chi connectivity index (χ2v) is 10.8. The average Bonchev–Trinajstić information content (AvgIpc) is 3.00. The number of aromatic nitrogens is 3. The first-order valence-corrected chi connectivity index (χ1v) is 13.1. The number of nitrogens with zero attached hydrogens (tertiary/aromatic N) is 4. The molecule has 0 N–H and O–H groups in total. The van der Waals surface area contributed by atoms with Gasteiger partial charge in [-0.25, -0.2) is 14.0 Å². The summed E-state index contributed by atoms with van der Waals surface area (Å²) in [5, 5.41) is 5.65. The van der Waals surface area contributed by atoms with Gasteiger partial charge in [-0.05, 0) is 36.7 Å². The van der Waals surface area contributed by atoms with Crippen molar-refractivity contribution >= 4 is 35.1 Å². The second kappa shape index (κ2) is 9.45. The summed E-state index contributed by atoms with van der Waals surface area (Å²) in [6.45, 7) is 3.95. The molecule has 31 heavy (non-hydrogen) atoms. The average molecular weight is 473 g/mol. The van der Waals surface area contributed by atoms with Gasteiger partial charge in [0, 0.05) is 52.7 Å². The molecule has 1 fully saturated rings. The standard InChI is InChI=1S/C23H25ClN4OS2/c24-18-7-8-19-21(15-18)31-20(17-5-2-1-3-6-17)16-22-25-27(23(29)28(19)22)10-4-9-26-11-13-30-14-12-26/h1-3,5-8,15,20H,4,9-14,16H2. The number of halogens is 1. The molecule has 0 saturated carbocycles. The van der Waals surface area contributed by atoms with E-state index >= 15 is 0 Å². The number of hydrogen-bond donors (Lipinski definition) is 0. The van der Waals surface area contributed by atoms with Gasteiger partial charge in [0.05, 0.1) is 5.69 Å². The Balaban J connectivity index is 1.45. The Labute approximate surface area is 195 Å². The predicted molar refractivity (Wildman–Crippen MR) is 130 cm³/mol. The molecule has 3 aromatic rings. The van der Waals surface area contributed by atoms with E-state index in [1.54, 1.807) is 21.0 Å². The van der Waals surface area contributed by atoms with E-state index in [2.05, 4.69) is 29.2 Å². The van der Waals surface area contributed by atoms with Gasteiger partial charge in [0.2, 0.25) is 0 Å². The largest absolute Gasteiger partial charge is 0.350 e. The van der Waals surface area contributed by atoms with Gasteiger partial charge >= 0.3 is 5.69 Å². The van der Waals surface area contributed by atoms with Crippen LogP contribution in [0.2, 0.25) is 5.02 Å². The van der Waals surface area contributed by atoms with Gasteiger partial charge in [-0.15, -0.1) is 11.8 Å². The van der Waals surface area contributed by atoms with Crippen LogP contribution in [0.5, 0.6) is 0 Å². The smallest absolute Gasteiger partial charge is 0.302 e. The van der Waals surface area contributed by atoms with Gasteiger partial charge in [-0.1, -0.05) is 41.9 Å². The van der Waals surface area contributed by atoms with Gasteiger partial charge in [-0.3, -0.25) is 0 Å². The number of benzene rings is 2. The maximum absolute atomic E-state index is 13.3. The van der Waals surface area contributed by atoms with Crippen LogP contribution in [0, 0.1) is 0 Å². The molecule has 0 amide bonds. The molecule has 5 rings (SSSR count). The molecule has 5 nitrogen and oxygen atoms in total.